The molecule has 4 aromatic carbocycles. The SMILES string of the molecule is COc1c2cccc1Cc1c[c]([Hg][C](F)(F)F)cc(c1O)Cc1cccc(c1OC)Cc1c[c]([Hg][C](F)(F)F)cc(c1O)C2.O=C=O.O=C=O. The molecule has 50 heavy (non-hydrogen) atoms. The second kappa shape index (κ2) is 18.0. The standard InChI is InChI=1S/C30H26O4.2CF3.2CO2.2Hg/c1-33-29-23-11-5-12-24(29)16-20-8-4-10-22(28(20)32)18-26-14-6-13-25(30(26)34-2)17-21-9-3-7-19(15-23)27(21)31;2*2-1(3)4;2*2-1-3;;/h5-14,31-32H,15-18H2,1-2H3;;;;;;. The van der Waals surface area contributed by atoms with E-state index in [4.69, 9.17) is 28.7 Å². The molecule has 0 atom stereocenters. The molecule has 2 N–H and O–H groups in total. The maximum atomic E-state index is 13.6. The van der Waals surface area contributed by atoms with E-state index in [1.54, 1.807) is 36.4 Å². The van der Waals surface area contributed by atoms with Gasteiger partial charge >= 0.3 is 289 Å². The maximum absolute atomic E-state index is 13.6. The van der Waals surface area contributed by atoms with Gasteiger partial charge in [-0.2, -0.15) is 19.2 Å². The predicted molar refractivity (Wildman–Crippen MR) is 155 cm³/mol. The van der Waals surface area contributed by atoms with Crippen molar-refractivity contribution in [1.29, 1.82) is 0 Å². The Hall–Kier alpha value is -3.71. The Labute approximate surface area is 306 Å². The molecule has 0 fully saturated rings. The van der Waals surface area contributed by atoms with E-state index in [-0.39, 0.29) is 55.6 Å². The molecule has 8 nitrogen and oxygen atoms in total. The van der Waals surface area contributed by atoms with Crippen LogP contribution in [-0.4, -0.2) is 44.1 Å². The number of rotatable bonds is 4. The Morgan fingerprint density at radius 2 is 0.780 bits per heavy atom. The quantitative estimate of drug-likeness (QED) is 0.189. The van der Waals surface area contributed by atoms with Crippen LogP contribution >= 0.6 is 0 Å². The molecule has 0 saturated heterocycles. The van der Waals surface area contributed by atoms with Crippen LogP contribution in [0.3, 0.4) is 0 Å². The number of halogens is 6. The average molecular weight is 1080 g/mol. The number of para-hydroxylation sites is 2. The number of hydrogen-bond acceptors (Lipinski definition) is 8. The normalized spacial score (nSPS) is 11.8. The molecular weight excluding hydrogens is 1050 g/mol. The molecule has 4 aromatic rings. The van der Waals surface area contributed by atoms with Gasteiger partial charge < -0.3 is 0 Å². The summed E-state index contributed by atoms with van der Waals surface area (Å²) >= 11 is -7.19. The van der Waals surface area contributed by atoms with Crippen molar-refractivity contribution in [2.24, 2.45) is 0 Å². The first-order valence-corrected chi connectivity index (χ1v) is 25.7. The molecule has 16 heteroatoms. The largest absolute Gasteiger partial charge is 0.373 e. The van der Waals surface area contributed by atoms with Gasteiger partial charge in [0.05, 0.1) is 0 Å². The fourth-order valence-electron chi connectivity index (χ4n) is 6.05. The molecule has 256 valence electrons. The Kier molecular flexibility index (Phi) is 14.6. The molecule has 0 radical (unpaired) electrons. The van der Waals surface area contributed by atoms with E-state index in [1.165, 1.54) is 38.5 Å². The summed E-state index contributed by atoms with van der Waals surface area (Å²) in [5.41, 5.74) is 3.65. The van der Waals surface area contributed by atoms with Gasteiger partial charge in [0.1, 0.15) is 0 Å². The van der Waals surface area contributed by atoms with Crippen molar-refractivity contribution in [2.75, 3.05) is 14.2 Å². The monoisotopic (exact) mass is 1080 g/mol. The number of ether oxygens (including phenoxy) is 2. The smallest absolute Gasteiger partial charge is 0.186 e. The van der Waals surface area contributed by atoms with E-state index in [2.05, 4.69) is 0 Å². The molecule has 0 heterocycles. The molecule has 0 amide bonds. The Morgan fingerprint density at radius 3 is 0.980 bits per heavy atom. The molecule has 0 aliphatic heterocycles. The van der Waals surface area contributed by atoms with E-state index in [0.29, 0.717) is 56.0 Å². The third-order valence-corrected chi connectivity index (χ3v) is 17.2. The van der Waals surface area contributed by atoms with Crippen molar-refractivity contribution < 1.29 is 114 Å². The summed E-state index contributed by atoms with van der Waals surface area (Å²) in [4.78, 5) is 32.5. The van der Waals surface area contributed by atoms with Crippen molar-refractivity contribution in [2.45, 2.75) is 33.1 Å². The van der Waals surface area contributed by atoms with E-state index in [1.807, 2.05) is 0 Å². The van der Waals surface area contributed by atoms with E-state index >= 15 is 0 Å². The minimum atomic E-state index is -4.25. The van der Waals surface area contributed by atoms with Gasteiger partial charge in [-0.1, -0.05) is 0 Å². The van der Waals surface area contributed by atoms with Crippen LogP contribution in [0.15, 0.2) is 60.7 Å². The first-order valence-electron chi connectivity index (χ1n) is 14.7. The predicted octanol–water partition coefficient (Wildman–Crippen LogP) is 5.08. The van der Waals surface area contributed by atoms with Crippen LogP contribution in [0.5, 0.6) is 23.0 Å². The van der Waals surface area contributed by atoms with Crippen molar-refractivity contribution in [1.82, 2.24) is 0 Å². The van der Waals surface area contributed by atoms with Crippen LogP contribution < -0.4 is 15.6 Å². The third-order valence-electron chi connectivity index (χ3n) is 7.75. The number of hydrogen-bond donors (Lipinski definition) is 2. The summed E-state index contributed by atoms with van der Waals surface area (Å²) in [6, 6.07) is 16.1. The minimum Gasteiger partial charge on any atom is -0.186 e. The number of aromatic hydroxyl groups is 2. The second-order valence-corrected chi connectivity index (χ2v) is 26.5. The van der Waals surface area contributed by atoms with Gasteiger partial charge in [-0.05, 0) is 0 Å². The van der Waals surface area contributed by atoms with Crippen LogP contribution in [0.2, 0.25) is 0 Å². The zero-order valence-electron chi connectivity index (χ0n) is 26.6. The fraction of sp³-hybridized carbons (Fsp3) is 0.235. The van der Waals surface area contributed by atoms with Gasteiger partial charge in [-0.25, -0.2) is 0 Å². The van der Waals surface area contributed by atoms with Crippen LogP contribution in [0.1, 0.15) is 44.5 Å². The van der Waals surface area contributed by atoms with Crippen molar-refractivity contribution in [3.8, 4) is 23.0 Å². The first-order chi connectivity index (χ1) is 23.6. The fourth-order valence-corrected chi connectivity index (χ4v) is 15.1. The summed E-state index contributed by atoms with van der Waals surface area (Å²) in [5.74, 6) is 0.572. The average Bonchev–Trinajstić information content (AvgIpc) is 3.01. The third kappa shape index (κ3) is 11.1. The summed E-state index contributed by atoms with van der Waals surface area (Å²) < 4.78 is 85.0. The molecule has 0 spiro atoms. The maximum Gasteiger partial charge on any atom is 0.373 e. The number of carbonyl (C=O) groups excluding carboxylic acids is 4. The van der Waals surface area contributed by atoms with Crippen molar-refractivity contribution >= 4 is 18.4 Å². The number of alkyl halides is 6. The summed E-state index contributed by atoms with van der Waals surface area (Å²) in [5, 5.41) is 22.8. The zero-order chi connectivity index (χ0) is 37.2. The Morgan fingerprint density at radius 1 is 0.540 bits per heavy atom. The summed E-state index contributed by atoms with van der Waals surface area (Å²) in [6.45, 7) is 0. The van der Waals surface area contributed by atoms with Crippen molar-refractivity contribution in [3.63, 3.8) is 0 Å². The van der Waals surface area contributed by atoms with E-state index in [0.717, 1.165) is 0 Å². The molecule has 8 bridgehead atoms. The van der Waals surface area contributed by atoms with Gasteiger partial charge in [0.2, 0.25) is 0 Å². The molecule has 0 unspecified atom stereocenters. The molecule has 0 aromatic heterocycles. The number of methoxy groups -OCH3 is 2. The Bertz CT molecular complexity index is 1670. The molecule has 5 rings (SSSR count). The van der Waals surface area contributed by atoms with Crippen molar-refractivity contribution in [3.05, 3.63) is 105 Å². The van der Waals surface area contributed by atoms with Gasteiger partial charge in [0.25, 0.3) is 0 Å². The number of phenolic OH excluding ortho intramolecular Hbond substituents is 2. The number of fused-ring (bicyclic) bond motifs is 8. The molecular formula is C34H26F6Hg2O8. The van der Waals surface area contributed by atoms with Gasteiger partial charge in [0, 0.05) is 0 Å². The van der Waals surface area contributed by atoms with E-state index < -0.39 is 56.5 Å². The number of benzene rings is 4. The summed E-state index contributed by atoms with van der Waals surface area (Å²) in [7, 11) is 2.87. The zero-order valence-corrected chi connectivity index (χ0v) is 37.6. The van der Waals surface area contributed by atoms with Crippen LogP contribution in [0.4, 0.5) is 26.3 Å². The van der Waals surface area contributed by atoms with Crippen LogP contribution in [0, 0.1) is 0 Å². The molecule has 1 aliphatic rings. The van der Waals surface area contributed by atoms with Crippen LogP contribution in [-0.2, 0) is 94.0 Å². The molecule has 0 saturated carbocycles. The molecule has 1 aliphatic carbocycles. The first kappa shape index (κ1) is 40.7. The minimum absolute atomic E-state index is 0.0645. The Balaban J connectivity index is 0.00000105. The van der Waals surface area contributed by atoms with E-state index in [9.17, 15) is 36.6 Å². The summed E-state index contributed by atoms with van der Waals surface area (Å²) in [6.07, 6.45) is 0.758. The van der Waals surface area contributed by atoms with Crippen LogP contribution in [0.25, 0.3) is 0 Å². The second-order valence-electron chi connectivity index (χ2n) is 11.2. The van der Waals surface area contributed by atoms with Gasteiger partial charge in [0.15, 0.2) is 0 Å². The van der Waals surface area contributed by atoms with Gasteiger partial charge in [-0.3, -0.25) is 0 Å². The number of phenols is 2. The topological polar surface area (TPSA) is 127 Å². The van der Waals surface area contributed by atoms with Gasteiger partial charge in [-0.15, -0.1) is 0 Å².